The molecule has 1 aliphatic carbocycles. The van der Waals surface area contributed by atoms with Gasteiger partial charge in [-0.3, -0.25) is 4.79 Å². The smallest absolute Gasteiger partial charge is 0.292 e. The number of rotatable bonds is 2. The minimum absolute atomic E-state index is 0.0583. The van der Waals surface area contributed by atoms with Gasteiger partial charge in [-0.1, -0.05) is 12.1 Å². The zero-order chi connectivity index (χ0) is 15.0. The molecule has 0 spiro atoms. The third-order valence-electron chi connectivity index (χ3n) is 3.10. The Morgan fingerprint density at radius 3 is 2.48 bits per heavy atom. The predicted octanol–water partition coefficient (Wildman–Crippen LogP) is 4.94. The average molecular weight is 329 g/mol. The molecule has 7 heteroatoms. The molecule has 0 fully saturated rings. The first-order valence-electron chi connectivity index (χ1n) is 6.31. The fourth-order valence-corrected chi connectivity index (χ4v) is 3.86. The van der Waals surface area contributed by atoms with Gasteiger partial charge in [-0.25, -0.2) is 4.98 Å². The molecule has 0 amide bonds. The number of hydrogen-bond donors (Lipinski definition) is 0. The maximum absolute atomic E-state index is 12.3. The van der Waals surface area contributed by atoms with E-state index in [0.29, 0.717) is 17.1 Å². The molecular formula is C14H10F3NOS2. The van der Waals surface area contributed by atoms with Crippen LogP contribution in [-0.2, 0) is 6.42 Å². The molecule has 2 nitrogen and oxygen atoms in total. The Morgan fingerprint density at radius 2 is 1.86 bits per heavy atom. The number of fused-ring (bicyclic) bond motifs is 1. The Labute approximate surface area is 127 Å². The Kier molecular flexibility index (Phi) is 3.79. The third-order valence-corrected chi connectivity index (χ3v) is 5.01. The Hall–Kier alpha value is -1.34. The SMILES string of the molecule is O=C1CCCc2sc(-c3ccc(SC(F)(F)F)cc3)nc21. The van der Waals surface area contributed by atoms with Crippen LogP contribution in [0.1, 0.15) is 28.2 Å². The molecule has 0 N–H and O–H groups in total. The van der Waals surface area contributed by atoms with Crippen molar-refractivity contribution in [3.63, 3.8) is 0 Å². The number of nitrogens with zero attached hydrogens (tertiary/aromatic N) is 1. The van der Waals surface area contributed by atoms with Crippen LogP contribution in [0.2, 0.25) is 0 Å². The fourth-order valence-electron chi connectivity index (χ4n) is 2.19. The van der Waals surface area contributed by atoms with Crippen LogP contribution in [0.5, 0.6) is 0 Å². The van der Waals surface area contributed by atoms with E-state index in [0.717, 1.165) is 23.3 Å². The van der Waals surface area contributed by atoms with Crippen molar-refractivity contribution >= 4 is 28.9 Å². The van der Waals surface area contributed by atoms with Gasteiger partial charge in [0, 0.05) is 21.8 Å². The zero-order valence-corrected chi connectivity index (χ0v) is 12.4. The summed E-state index contributed by atoms with van der Waals surface area (Å²) in [4.78, 5) is 17.2. The van der Waals surface area contributed by atoms with Gasteiger partial charge in [0.15, 0.2) is 5.78 Å². The first kappa shape index (κ1) is 14.6. The number of carbonyl (C=O) groups is 1. The van der Waals surface area contributed by atoms with Crippen molar-refractivity contribution in [3.05, 3.63) is 34.8 Å². The van der Waals surface area contributed by atoms with Crippen LogP contribution >= 0.6 is 23.1 Å². The minimum atomic E-state index is -4.28. The first-order chi connectivity index (χ1) is 9.92. The van der Waals surface area contributed by atoms with E-state index in [4.69, 9.17) is 0 Å². The highest BCUT2D eigenvalue weighted by Gasteiger charge is 2.29. The normalized spacial score (nSPS) is 15.1. The summed E-state index contributed by atoms with van der Waals surface area (Å²) in [5.41, 5.74) is -3.00. The lowest BCUT2D eigenvalue weighted by atomic mass is 10.0. The van der Waals surface area contributed by atoms with Crippen LogP contribution in [-0.4, -0.2) is 16.3 Å². The lowest BCUT2D eigenvalue weighted by molar-refractivity contribution is -0.0328. The summed E-state index contributed by atoms with van der Waals surface area (Å²) in [6, 6.07) is 6.08. The van der Waals surface area contributed by atoms with Gasteiger partial charge in [-0.15, -0.1) is 11.3 Å². The number of alkyl halides is 3. The number of hydrogen-bond acceptors (Lipinski definition) is 4. The van der Waals surface area contributed by atoms with Gasteiger partial charge < -0.3 is 0 Å². The largest absolute Gasteiger partial charge is 0.446 e. The van der Waals surface area contributed by atoms with Crippen LogP contribution in [0.3, 0.4) is 0 Å². The van der Waals surface area contributed by atoms with Gasteiger partial charge in [-0.2, -0.15) is 13.2 Å². The molecule has 2 aromatic rings. The second-order valence-electron chi connectivity index (χ2n) is 4.64. The number of halogens is 3. The van der Waals surface area contributed by atoms with E-state index in [-0.39, 0.29) is 22.4 Å². The molecule has 1 aromatic carbocycles. The van der Waals surface area contributed by atoms with Crippen molar-refractivity contribution in [1.29, 1.82) is 0 Å². The van der Waals surface area contributed by atoms with Crippen LogP contribution in [0.15, 0.2) is 29.2 Å². The van der Waals surface area contributed by atoms with Gasteiger partial charge in [0.2, 0.25) is 0 Å². The van der Waals surface area contributed by atoms with Crippen molar-refractivity contribution in [2.24, 2.45) is 0 Å². The van der Waals surface area contributed by atoms with Crippen LogP contribution in [0.25, 0.3) is 10.6 Å². The van der Waals surface area contributed by atoms with Gasteiger partial charge in [-0.05, 0) is 36.7 Å². The zero-order valence-electron chi connectivity index (χ0n) is 10.7. The summed E-state index contributed by atoms with van der Waals surface area (Å²) < 4.78 is 36.8. The second kappa shape index (κ2) is 5.46. The molecule has 3 rings (SSSR count). The Bertz CT molecular complexity index is 677. The lowest BCUT2D eigenvalue weighted by Crippen LogP contribution is -2.08. The summed E-state index contributed by atoms with van der Waals surface area (Å²) in [5.74, 6) is 0.0583. The second-order valence-corrected chi connectivity index (χ2v) is 6.86. The van der Waals surface area contributed by atoms with E-state index in [1.807, 2.05) is 0 Å². The van der Waals surface area contributed by atoms with Crippen LogP contribution in [0, 0.1) is 0 Å². The number of Topliss-reactive ketones (excluding diaryl/α,β-unsaturated/α-hetero) is 1. The van der Waals surface area contributed by atoms with E-state index in [1.54, 1.807) is 12.1 Å². The molecule has 0 unspecified atom stereocenters. The number of aromatic nitrogens is 1. The molecule has 1 aromatic heterocycles. The number of aryl methyl sites for hydroxylation is 1. The topological polar surface area (TPSA) is 30.0 Å². The van der Waals surface area contributed by atoms with Gasteiger partial charge in [0.1, 0.15) is 10.7 Å². The molecule has 1 aliphatic rings. The van der Waals surface area contributed by atoms with E-state index in [1.165, 1.54) is 23.5 Å². The summed E-state index contributed by atoms with van der Waals surface area (Å²) in [6.45, 7) is 0. The van der Waals surface area contributed by atoms with E-state index < -0.39 is 5.51 Å². The monoisotopic (exact) mass is 329 g/mol. The third kappa shape index (κ3) is 3.29. The fraction of sp³-hybridized carbons (Fsp3) is 0.286. The molecule has 0 aliphatic heterocycles. The van der Waals surface area contributed by atoms with E-state index in [9.17, 15) is 18.0 Å². The molecule has 0 saturated carbocycles. The maximum Gasteiger partial charge on any atom is 0.446 e. The molecule has 1 heterocycles. The molecule has 110 valence electrons. The molecular weight excluding hydrogens is 319 g/mol. The summed E-state index contributed by atoms with van der Waals surface area (Å²) in [5, 5.41) is 0.693. The van der Waals surface area contributed by atoms with Crippen molar-refractivity contribution in [3.8, 4) is 10.6 Å². The van der Waals surface area contributed by atoms with Crippen molar-refractivity contribution in [2.45, 2.75) is 29.7 Å². The number of carbonyl (C=O) groups excluding carboxylic acids is 1. The summed E-state index contributed by atoms with van der Waals surface area (Å²) in [6.07, 6.45) is 2.21. The van der Waals surface area contributed by atoms with Crippen molar-refractivity contribution in [1.82, 2.24) is 4.98 Å². The van der Waals surface area contributed by atoms with E-state index >= 15 is 0 Å². The predicted molar refractivity (Wildman–Crippen MR) is 76.7 cm³/mol. The highest BCUT2D eigenvalue weighted by molar-refractivity contribution is 8.00. The highest BCUT2D eigenvalue weighted by atomic mass is 32.2. The number of benzene rings is 1. The molecule has 21 heavy (non-hydrogen) atoms. The lowest BCUT2D eigenvalue weighted by Gasteiger charge is -2.06. The van der Waals surface area contributed by atoms with Gasteiger partial charge >= 0.3 is 5.51 Å². The summed E-state index contributed by atoms with van der Waals surface area (Å²) >= 11 is 1.31. The standard InChI is InChI=1S/C14H10F3NOS2/c15-14(16,17)21-9-6-4-8(5-7-9)13-18-12-10(19)2-1-3-11(12)20-13/h4-7H,1-3H2. The van der Waals surface area contributed by atoms with Gasteiger partial charge in [0.05, 0.1) is 0 Å². The van der Waals surface area contributed by atoms with Crippen LogP contribution in [0.4, 0.5) is 13.2 Å². The quantitative estimate of drug-likeness (QED) is 0.731. The molecule has 0 radical (unpaired) electrons. The molecule has 0 atom stereocenters. The highest BCUT2D eigenvalue weighted by Crippen LogP contribution is 2.38. The first-order valence-corrected chi connectivity index (χ1v) is 7.95. The molecule has 0 bridgehead atoms. The molecule has 0 saturated heterocycles. The number of ketones is 1. The average Bonchev–Trinajstić information content (AvgIpc) is 2.83. The maximum atomic E-state index is 12.3. The van der Waals surface area contributed by atoms with Crippen LogP contribution < -0.4 is 0 Å². The Morgan fingerprint density at radius 1 is 1.14 bits per heavy atom. The summed E-state index contributed by atoms with van der Waals surface area (Å²) in [7, 11) is 0. The number of thiazole rings is 1. The number of thioether (sulfide) groups is 1. The van der Waals surface area contributed by atoms with Gasteiger partial charge in [0.25, 0.3) is 0 Å². The van der Waals surface area contributed by atoms with Crippen molar-refractivity contribution < 1.29 is 18.0 Å². The minimum Gasteiger partial charge on any atom is -0.292 e. The van der Waals surface area contributed by atoms with Crippen molar-refractivity contribution in [2.75, 3.05) is 0 Å². The van der Waals surface area contributed by atoms with E-state index in [2.05, 4.69) is 4.98 Å². The Balaban J connectivity index is 1.86.